The van der Waals surface area contributed by atoms with Crippen molar-refractivity contribution in [2.45, 2.75) is 33.8 Å². The van der Waals surface area contributed by atoms with Gasteiger partial charge in [0.1, 0.15) is 5.75 Å². The van der Waals surface area contributed by atoms with Gasteiger partial charge in [0.2, 0.25) is 0 Å². The first kappa shape index (κ1) is 16.4. The summed E-state index contributed by atoms with van der Waals surface area (Å²) in [6, 6.07) is 4.23. The number of thiazole rings is 1. The number of hydrogen-bond acceptors (Lipinski definition) is 6. The highest BCUT2D eigenvalue weighted by Crippen LogP contribution is 2.32. The molecule has 0 amide bonds. The van der Waals surface area contributed by atoms with Crippen LogP contribution in [0.3, 0.4) is 0 Å². The first-order valence-corrected chi connectivity index (χ1v) is 8.67. The molecule has 124 valence electrons. The van der Waals surface area contributed by atoms with Crippen LogP contribution in [-0.4, -0.2) is 21.1 Å². The van der Waals surface area contributed by atoms with E-state index in [-0.39, 0.29) is 6.10 Å². The molecule has 1 aromatic carbocycles. The number of rotatable bonds is 5. The summed E-state index contributed by atoms with van der Waals surface area (Å²) in [5.41, 5.74) is 4.27. The van der Waals surface area contributed by atoms with Gasteiger partial charge in [-0.3, -0.25) is 4.98 Å². The van der Waals surface area contributed by atoms with E-state index < -0.39 is 0 Å². The monoisotopic (exact) mass is 340 g/mol. The normalized spacial score (nSPS) is 10.9. The number of hydrogen-bond donors (Lipinski definition) is 1. The summed E-state index contributed by atoms with van der Waals surface area (Å²) >= 11 is 1.54. The number of nitrogens with zero attached hydrogens (tertiary/aromatic N) is 3. The molecule has 2 aromatic heterocycles. The highest BCUT2D eigenvalue weighted by molar-refractivity contribution is 7.14. The molecule has 0 atom stereocenters. The van der Waals surface area contributed by atoms with Gasteiger partial charge in [-0.25, -0.2) is 9.97 Å². The average molecular weight is 340 g/mol. The van der Waals surface area contributed by atoms with Gasteiger partial charge < -0.3 is 10.1 Å². The lowest BCUT2D eigenvalue weighted by molar-refractivity contribution is 0.239. The maximum absolute atomic E-state index is 5.91. The highest BCUT2D eigenvalue weighted by Gasteiger charge is 2.12. The molecule has 24 heavy (non-hydrogen) atoms. The predicted octanol–water partition coefficient (Wildman–Crippen LogP) is 4.75. The fourth-order valence-electron chi connectivity index (χ4n) is 2.46. The SMILES string of the molecule is Cc1cc(-c2csc(Nc3cnccn3)n2)cc(C)c1OC(C)C. The van der Waals surface area contributed by atoms with Crippen molar-refractivity contribution in [2.75, 3.05) is 5.32 Å². The third kappa shape index (κ3) is 3.71. The second-order valence-electron chi connectivity index (χ2n) is 5.86. The van der Waals surface area contributed by atoms with Crippen molar-refractivity contribution in [3.05, 3.63) is 47.2 Å². The third-order valence-corrected chi connectivity index (χ3v) is 4.17. The molecule has 2 heterocycles. The molecule has 0 aliphatic rings. The maximum Gasteiger partial charge on any atom is 0.188 e. The lowest BCUT2D eigenvalue weighted by Gasteiger charge is -2.16. The predicted molar refractivity (Wildman–Crippen MR) is 98.1 cm³/mol. The van der Waals surface area contributed by atoms with E-state index in [1.54, 1.807) is 29.9 Å². The van der Waals surface area contributed by atoms with Crippen LogP contribution in [-0.2, 0) is 0 Å². The Morgan fingerprint density at radius 2 is 1.88 bits per heavy atom. The molecule has 0 fully saturated rings. The zero-order chi connectivity index (χ0) is 17.1. The van der Waals surface area contributed by atoms with Gasteiger partial charge >= 0.3 is 0 Å². The van der Waals surface area contributed by atoms with Crippen molar-refractivity contribution in [3.63, 3.8) is 0 Å². The van der Waals surface area contributed by atoms with Crippen molar-refractivity contribution in [1.82, 2.24) is 15.0 Å². The Morgan fingerprint density at radius 1 is 1.12 bits per heavy atom. The van der Waals surface area contributed by atoms with E-state index in [9.17, 15) is 0 Å². The second-order valence-corrected chi connectivity index (χ2v) is 6.72. The summed E-state index contributed by atoms with van der Waals surface area (Å²) in [4.78, 5) is 12.9. The molecule has 0 unspecified atom stereocenters. The molecule has 6 heteroatoms. The van der Waals surface area contributed by atoms with Gasteiger partial charge in [0.15, 0.2) is 10.9 Å². The Labute approximate surface area is 145 Å². The Balaban J connectivity index is 1.85. The summed E-state index contributed by atoms with van der Waals surface area (Å²) in [6.07, 6.45) is 5.13. The molecule has 1 N–H and O–H groups in total. The van der Waals surface area contributed by atoms with Crippen LogP contribution in [0.5, 0.6) is 5.75 Å². The van der Waals surface area contributed by atoms with Gasteiger partial charge in [-0.15, -0.1) is 11.3 Å². The molecule has 0 radical (unpaired) electrons. The van der Waals surface area contributed by atoms with Crippen molar-refractivity contribution in [3.8, 4) is 17.0 Å². The highest BCUT2D eigenvalue weighted by atomic mass is 32.1. The van der Waals surface area contributed by atoms with E-state index in [0.717, 1.165) is 33.3 Å². The number of ether oxygens (including phenoxy) is 1. The van der Waals surface area contributed by atoms with Crippen molar-refractivity contribution >= 4 is 22.3 Å². The number of benzene rings is 1. The van der Waals surface area contributed by atoms with Crippen LogP contribution in [0.25, 0.3) is 11.3 Å². The molecule has 0 saturated heterocycles. The van der Waals surface area contributed by atoms with Gasteiger partial charge in [-0.05, 0) is 51.0 Å². The van der Waals surface area contributed by atoms with Gasteiger partial charge in [0.25, 0.3) is 0 Å². The molecule has 3 aromatic rings. The van der Waals surface area contributed by atoms with Gasteiger partial charge in [0.05, 0.1) is 18.0 Å². The smallest absolute Gasteiger partial charge is 0.188 e. The van der Waals surface area contributed by atoms with E-state index in [1.807, 2.05) is 19.2 Å². The van der Waals surface area contributed by atoms with Crippen LogP contribution in [0.2, 0.25) is 0 Å². The van der Waals surface area contributed by atoms with Crippen molar-refractivity contribution < 1.29 is 4.74 Å². The van der Waals surface area contributed by atoms with Gasteiger partial charge in [-0.1, -0.05) is 0 Å². The largest absolute Gasteiger partial charge is 0.490 e. The minimum atomic E-state index is 0.162. The zero-order valence-electron chi connectivity index (χ0n) is 14.2. The number of nitrogens with one attached hydrogen (secondary N) is 1. The van der Waals surface area contributed by atoms with E-state index >= 15 is 0 Å². The maximum atomic E-state index is 5.91. The Hall–Kier alpha value is -2.47. The molecule has 5 nitrogen and oxygen atoms in total. The van der Waals surface area contributed by atoms with Crippen LogP contribution >= 0.6 is 11.3 Å². The molecular weight excluding hydrogens is 320 g/mol. The van der Waals surface area contributed by atoms with Crippen LogP contribution < -0.4 is 10.1 Å². The summed E-state index contributed by atoms with van der Waals surface area (Å²) in [6.45, 7) is 8.22. The third-order valence-electron chi connectivity index (χ3n) is 3.41. The average Bonchev–Trinajstić information content (AvgIpc) is 3.00. The number of aromatic nitrogens is 3. The lowest BCUT2D eigenvalue weighted by atomic mass is 10.0. The minimum Gasteiger partial charge on any atom is -0.490 e. The molecular formula is C18H20N4OS. The first-order chi connectivity index (χ1) is 11.5. The minimum absolute atomic E-state index is 0.162. The summed E-state index contributed by atoms with van der Waals surface area (Å²) < 4.78 is 5.91. The summed E-state index contributed by atoms with van der Waals surface area (Å²) in [7, 11) is 0. The molecule has 0 spiro atoms. The zero-order valence-corrected chi connectivity index (χ0v) is 15.0. The number of aryl methyl sites for hydroxylation is 2. The Morgan fingerprint density at radius 3 is 2.50 bits per heavy atom. The molecule has 0 aliphatic heterocycles. The van der Waals surface area contributed by atoms with Gasteiger partial charge in [0, 0.05) is 23.3 Å². The molecule has 3 rings (SSSR count). The Bertz CT molecular complexity index is 807. The van der Waals surface area contributed by atoms with E-state index in [0.29, 0.717) is 5.82 Å². The van der Waals surface area contributed by atoms with E-state index in [4.69, 9.17) is 4.74 Å². The van der Waals surface area contributed by atoms with Crippen LogP contribution in [0, 0.1) is 13.8 Å². The van der Waals surface area contributed by atoms with Crippen LogP contribution in [0.1, 0.15) is 25.0 Å². The fourth-order valence-corrected chi connectivity index (χ4v) is 3.18. The van der Waals surface area contributed by atoms with Crippen molar-refractivity contribution in [2.24, 2.45) is 0 Å². The fraction of sp³-hybridized carbons (Fsp3) is 0.278. The molecule has 0 bridgehead atoms. The molecule has 0 aliphatic carbocycles. The quantitative estimate of drug-likeness (QED) is 0.726. The van der Waals surface area contributed by atoms with E-state index in [2.05, 4.69) is 46.2 Å². The van der Waals surface area contributed by atoms with Crippen molar-refractivity contribution in [1.29, 1.82) is 0 Å². The first-order valence-electron chi connectivity index (χ1n) is 7.80. The topological polar surface area (TPSA) is 59.9 Å². The van der Waals surface area contributed by atoms with Gasteiger partial charge in [-0.2, -0.15) is 0 Å². The van der Waals surface area contributed by atoms with Crippen LogP contribution in [0.15, 0.2) is 36.1 Å². The lowest BCUT2D eigenvalue weighted by Crippen LogP contribution is -2.08. The molecule has 0 saturated carbocycles. The second kappa shape index (κ2) is 6.97. The standard InChI is InChI=1S/C18H20N4OS/c1-11(2)23-17-12(3)7-14(8-13(17)4)15-10-24-18(21-15)22-16-9-19-5-6-20-16/h5-11H,1-4H3,(H,20,21,22). The van der Waals surface area contributed by atoms with E-state index in [1.165, 1.54) is 0 Å². The van der Waals surface area contributed by atoms with Crippen LogP contribution in [0.4, 0.5) is 10.9 Å². The Kier molecular flexibility index (Phi) is 4.76. The summed E-state index contributed by atoms with van der Waals surface area (Å²) in [5, 5.41) is 6.00. The number of anilines is 2. The summed E-state index contributed by atoms with van der Waals surface area (Å²) in [5.74, 6) is 1.65.